The van der Waals surface area contributed by atoms with Crippen molar-refractivity contribution in [3.8, 4) is 0 Å². The summed E-state index contributed by atoms with van der Waals surface area (Å²) in [7, 11) is 40.5. The molecule has 0 saturated carbocycles. The van der Waals surface area contributed by atoms with E-state index in [1.54, 1.807) is 0 Å². The molecule has 0 heterocycles. The van der Waals surface area contributed by atoms with Crippen LogP contribution in [0.4, 0.5) is 0 Å². The molecule has 6 atom stereocenters. The van der Waals surface area contributed by atoms with Crippen LogP contribution in [0.15, 0.2) is 0 Å². The molecule has 0 spiro atoms. The zero-order valence-corrected chi connectivity index (χ0v) is 107. The van der Waals surface area contributed by atoms with Crippen LogP contribution in [0, 0.1) is 11.8 Å². The van der Waals surface area contributed by atoms with Gasteiger partial charge in [0.2, 0.25) is 0 Å². The monoisotopic (exact) mass is 1770 g/mol. The second-order valence-electron chi connectivity index (χ2n) is 34.6. The smallest absolute Gasteiger partial charge is 0.146 e. The molecular weight excluding hydrogens is 1560 g/mol. The van der Waals surface area contributed by atoms with Gasteiger partial charge in [-0.1, -0.05) is 90.0 Å². The topological polar surface area (TPSA) is 137 Å². The first-order valence-corrected chi connectivity index (χ1v) is 50.6. The Hall–Kier alpha value is 1.51. The molecule has 0 aromatic heterocycles. The lowest BCUT2D eigenvalue weighted by molar-refractivity contribution is 0.0425. The van der Waals surface area contributed by atoms with Gasteiger partial charge in [0.15, 0.2) is 0 Å². The van der Waals surface area contributed by atoms with Crippen LogP contribution in [0.25, 0.3) is 0 Å². The van der Waals surface area contributed by atoms with E-state index < -0.39 is 0 Å². The third-order valence-electron chi connectivity index (χ3n) is 19.8. The van der Waals surface area contributed by atoms with Crippen molar-refractivity contribution in [3.05, 3.63) is 0 Å². The van der Waals surface area contributed by atoms with E-state index in [9.17, 15) is 0 Å². The highest BCUT2D eigenvalue weighted by Crippen LogP contribution is 2.21. The van der Waals surface area contributed by atoms with Gasteiger partial charge in [0.25, 0.3) is 0 Å². The SMILES string of the molecule is CC(C)C(CN(C)C)O[SiH3].CC(CN(C)C)O[SiH3].CCC(C)(CN(C)C)O[SiH3].CCC(CC)(CN(C)C)O[SiH3].CCN(C)CC(C)(C)O[SiH3].CCN(C)CC(C)C(C)(C)O[SiH3].CCN(C)CC(C)O[SiH3].CCN(CC)CC(C)(C)O[SiH3].CCN(CC)CC(C)O[SiH3].CN(C)CC(C)(C)O[SiH3].CN(C)CCC(C)(C)O[SiH3]. The summed E-state index contributed by atoms with van der Waals surface area (Å²) in [5, 5.41) is 0. The van der Waals surface area contributed by atoms with E-state index in [1.807, 2.05) is 0 Å². The predicted octanol–water partition coefficient (Wildman–Crippen LogP) is -0.138. The van der Waals surface area contributed by atoms with Gasteiger partial charge in [-0.3, -0.25) is 0 Å². The molecule has 22 nitrogen and oxygen atoms in total. The molecule has 682 valence electrons. The molecule has 0 aliphatic rings. The van der Waals surface area contributed by atoms with Gasteiger partial charge in [-0.25, -0.2) is 0 Å². The number of hydrogen-bond acceptors (Lipinski definition) is 22. The fourth-order valence-electron chi connectivity index (χ4n) is 9.78. The number of hydrogen-bond donors (Lipinski definition) is 0. The van der Waals surface area contributed by atoms with Gasteiger partial charge in [0.1, 0.15) is 115 Å². The maximum Gasteiger partial charge on any atom is 0.146 e. The minimum absolute atomic E-state index is 0.0512. The Balaban J connectivity index is -0.000000109. The fraction of sp³-hybridized carbons (Fsp3) is 1.00. The zero-order valence-electron chi connectivity index (χ0n) is 84.9. The molecule has 110 heavy (non-hydrogen) atoms. The summed E-state index contributed by atoms with van der Waals surface area (Å²) in [4.78, 5) is 24.6. The Kier molecular flexibility index (Phi) is 99.9. The lowest BCUT2D eigenvalue weighted by atomic mass is 9.92. The first-order valence-electron chi connectivity index (χ1n) is 41.6. The van der Waals surface area contributed by atoms with Crippen LogP contribution in [0.5, 0.6) is 0 Å². The summed E-state index contributed by atoms with van der Waals surface area (Å²) in [5.41, 5.74) is 0.530. The Morgan fingerprint density at radius 2 is 0.627 bits per heavy atom. The third kappa shape index (κ3) is 98.3. The van der Waals surface area contributed by atoms with E-state index in [1.165, 1.54) is 0 Å². The molecular formula is C77H209N11O11Si11. The van der Waals surface area contributed by atoms with Crippen molar-refractivity contribution >= 4 is 115 Å². The third-order valence-corrected chi connectivity index (χ3v) is 30.1. The Bertz CT molecular complexity index is 1840. The van der Waals surface area contributed by atoms with Gasteiger partial charge in [-0.05, 0) is 286 Å². The van der Waals surface area contributed by atoms with Crippen LogP contribution in [0.2, 0.25) is 0 Å². The van der Waals surface area contributed by atoms with Crippen molar-refractivity contribution in [2.45, 2.75) is 276 Å². The number of nitrogens with zero attached hydrogens (tertiary/aromatic N) is 11. The molecule has 0 aliphatic heterocycles. The largest absolute Gasteiger partial charge is 0.424 e. The highest BCUT2D eigenvalue weighted by Gasteiger charge is 2.27. The lowest BCUT2D eigenvalue weighted by Crippen LogP contribution is -2.41. The average Bonchev–Trinajstić information content (AvgIpc) is 0.894. The van der Waals surface area contributed by atoms with E-state index in [0.717, 1.165) is 259 Å². The summed E-state index contributed by atoms with van der Waals surface area (Å²) in [6.45, 7) is 77.7. The molecule has 6 unspecified atom stereocenters. The minimum Gasteiger partial charge on any atom is -0.424 e. The minimum atomic E-state index is 0.0512. The number of rotatable bonds is 46. The van der Waals surface area contributed by atoms with Gasteiger partial charge in [0.05, 0.1) is 63.6 Å². The lowest BCUT2D eigenvalue weighted by Gasteiger charge is -2.33. The maximum atomic E-state index is 5.64. The highest BCUT2D eigenvalue weighted by atomic mass is 28.2. The molecule has 0 aromatic rings. The summed E-state index contributed by atoms with van der Waals surface area (Å²) in [6, 6.07) is 0. The van der Waals surface area contributed by atoms with Crippen LogP contribution >= 0.6 is 0 Å². The molecule has 0 saturated heterocycles. The normalized spacial score (nSPS) is 14.2. The fourth-order valence-corrected chi connectivity index (χ4v) is 13.0. The molecule has 0 amide bonds. The second kappa shape index (κ2) is 81.5. The van der Waals surface area contributed by atoms with Gasteiger partial charge in [-0.2, -0.15) is 0 Å². The van der Waals surface area contributed by atoms with Crippen molar-refractivity contribution in [2.75, 3.05) is 224 Å². The van der Waals surface area contributed by atoms with E-state index in [-0.39, 0.29) is 39.2 Å². The average molecular weight is 1770 g/mol. The van der Waals surface area contributed by atoms with E-state index >= 15 is 0 Å². The molecule has 0 N–H and O–H groups in total. The van der Waals surface area contributed by atoms with Crippen LogP contribution in [-0.4, -0.2) is 456 Å². The molecule has 0 radical (unpaired) electrons. The molecule has 0 bridgehead atoms. The quantitative estimate of drug-likeness (QED) is 0.0748. The van der Waals surface area contributed by atoms with Crippen LogP contribution < -0.4 is 0 Å². The van der Waals surface area contributed by atoms with E-state index in [4.69, 9.17) is 48.7 Å². The van der Waals surface area contributed by atoms with Crippen LogP contribution in [0.1, 0.15) is 213 Å². The number of likely N-dealkylation sites (N-methyl/N-ethyl adjacent to an activating group) is 9. The molecule has 0 rings (SSSR count). The molecule has 0 aromatic carbocycles. The van der Waals surface area contributed by atoms with Crippen molar-refractivity contribution in [2.24, 2.45) is 11.8 Å². The Morgan fingerprint density at radius 1 is 0.282 bits per heavy atom. The summed E-state index contributed by atoms with van der Waals surface area (Å²) < 4.78 is 59.4. The zero-order chi connectivity index (χ0) is 89.6. The van der Waals surface area contributed by atoms with Crippen molar-refractivity contribution < 1.29 is 48.7 Å². The van der Waals surface area contributed by atoms with Gasteiger partial charge < -0.3 is 103 Å². The van der Waals surface area contributed by atoms with Gasteiger partial charge in [0, 0.05) is 72.0 Å². The van der Waals surface area contributed by atoms with Crippen LogP contribution in [0.3, 0.4) is 0 Å². The maximum absolute atomic E-state index is 5.64. The summed E-state index contributed by atoms with van der Waals surface area (Å²) >= 11 is 0. The van der Waals surface area contributed by atoms with E-state index in [2.05, 4.69) is 347 Å². The van der Waals surface area contributed by atoms with Gasteiger partial charge >= 0.3 is 0 Å². The molecule has 0 fully saturated rings. The Morgan fingerprint density at radius 3 is 0.845 bits per heavy atom. The Labute approximate surface area is 724 Å². The summed E-state index contributed by atoms with van der Waals surface area (Å²) in [6.07, 6.45) is 6.13. The van der Waals surface area contributed by atoms with Crippen molar-refractivity contribution in [3.63, 3.8) is 0 Å². The molecule has 33 heteroatoms. The van der Waals surface area contributed by atoms with Crippen LogP contribution in [-0.2, 0) is 48.7 Å². The second-order valence-corrected chi connectivity index (χ2v) is 39.3. The highest BCUT2D eigenvalue weighted by molar-refractivity contribution is 6.00. The molecule has 0 aliphatic carbocycles. The first-order chi connectivity index (χ1) is 50.3. The first kappa shape index (κ1) is 135. The van der Waals surface area contributed by atoms with Crippen molar-refractivity contribution in [1.82, 2.24) is 53.9 Å². The van der Waals surface area contributed by atoms with E-state index in [0.29, 0.717) is 36.3 Å². The van der Waals surface area contributed by atoms with Crippen molar-refractivity contribution in [1.29, 1.82) is 0 Å². The van der Waals surface area contributed by atoms with Gasteiger partial charge in [-0.15, -0.1) is 0 Å². The summed E-state index contributed by atoms with van der Waals surface area (Å²) in [5.74, 6) is 1.24. The standard InChI is InChI=1S/C9H23NOSi.2C8H21NOSi.5C7H19NOSi.2C6H17NOSi.C5H15NOSi/c1-6-10(5)7-8(2)9(3,4)11-12;1-5-8(6-2,10-11)7-9(3)4;1-5-9(6-2)7-8(3,4)10-11;1-7(2,9-10)5-6-8(3)4;1-6(2)7(9-10)5-8(3)4;1-5-7(2,9-10)6-8(3)4;1-5-8(4)6-7(2,3)9-10;1-4-8(5-2)6-7(3)9-10;1-6(2,8-9)5-7(3)4;1-4-7(3)5-6(2)8-9;1-5(7-8)4-6(2)3/h8H,6-7H2,1-5,12H3;2*5-7H2,1-4,11H3;5-6H2,1-4,10H3;6-7H,5H2,1-4,10H3;2*5-6H2,1-4,10H3;7H,4-6H2,1-3,10H3;5H2,1-4,9H3;6H,4-5H2,1-3,9H3;5H,4H2,1-3,8H3. The predicted molar refractivity (Wildman–Crippen MR) is 531 cm³/mol.